The number of hydrogen-bond acceptors (Lipinski definition) is 8. The highest BCUT2D eigenvalue weighted by molar-refractivity contribution is 7.92. The first kappa shape index (κ1) is 24.4. The van der Waals surface area contributed by atoms with Crippen molar-refractivity contribution in [3.63, 3.8) is 0 Å². The van der Waals surface area contributed by atoms with Gasteiger partial charge in [0.25, 0.3) is 15.9 Å². The summed E-state index contributed by atoms with van der Waals surface area (Å²) in [4.78, 5) is 28.5. The number of esters is 1. The molecule has 33 heavy (non-hydrogen) atoms. The van der Waals surface area contributed by atoms with E-state index in [-0.39, 0.29) is 33.0 Å². The zero-order valence-corrected chi connectivity index (χ0v) is 19.4. The molecule has 2 N–H and O–H groups in total. The van der Waals surface area contributed by atoms with E-state index in [1.54, 1.807) is 6.92 Å². The molecule has 0 aliphatic rings. The second-order valence-corrected chi connectivity index (χ2v) is 8.99. The average molecular weight is 510 g/mol. The third-order valence-electron chi connectivity index (χ3n) is 4.18. The number of hydrogen-bond donors (Lipinski definition) is 2. The lowest BCUT2D eigenvalue weighted by Gasteiger charge is -2.16. The molecule has 1 atom stereocenters. The number of halogens is 2. The number of pyridine rings is 1. The van der Waals surface area contributed by atoms with E-state index in [0.29, 0.717) is 5.69 Å². The van der Waals surface area contributed by atoms with Crippen LogP contribution in [0.3, 0.4) is 0 Å². The van der Waals surface area contributed by atoms with Crippen molar-refractivity contribution in [2.75, 3.05) is 10.0 Å². The van der Waals surface area contributed by atoms with Crippen LogP contribution in [-0.4, -0.2) is 41.6 Å². The summed E-state index contributed by atoms with van der Waals surface area (Å²) in [5, 5.41) is 10.0. The Hall–Kier alpha value is -3.28. The number of nitrogens with one attached hydrogen (secondary N) is 2. The lowest BCUT2D eigenvalue weighted by Crippen LogP contribution is -2.32. The first-order valence-electron chi connectivity index (χ1n) is 9.43. The van der Waals surface area contributed by atoms with Crippen molar-refractivity contribution in [3.8, 4) is 0 Å². The normalized spacial score (nSPS) is 12.0. The Kier molecular flexibility index (Phi) is 7.79. The zero-order chi connectivity index (χ0) is 24.0. The second-order valence-electron chi connectivity index (χ2n) is 6.53. The molecule has 172 valence electrons. The zero-order valence-electron chi connectivity index (χ0n) is 17.0. The fraction of sp³-hybridized carbons (Fsp3) is 0.150. The molecule has 1 unspecified atom stereocenters. The highest BCUT2D eigenvalue weighted by atomic mass is 35.5. The van der Waals surface area contributed by atoms with Crippen molar-refractivity contribution in [3.05, 3.63) is 70.6 Å². The Morgan fingerprint density at radius 2 is 1.76 bits per heavy atom. The van der Waals surface area contributed by atoms with Gasteiger partial charge < -0.3 is 10.1 Å². The Balaban J connectivity index is 1.64. The summed E-state index contributed by atoms with van der Waals surface area (Å²) < 4.78 is 32.5. The van der Waals surface area contributed by atoms with Gasteiger partial charge in [0, 0.05) is 11.9 Å². The maximum atomic E-state index is 12.5. The molecule has 3 rings (SSSR count). The Morgan fingerprint density at radius 1 is 1.03 bits per heavy atom. The van der Waals surface area contributed by atoms with Crippen LogP contribution in [0.15, 0.2) is 59.6 Å². The summed E-state index contributed by atoms with van der Waals surface area (Å²) >= 11 is 11.4. The number of amides is 1. The van der Waals surface area contributed by atoms with Crippen LogP contribution in [0, 0.1) is 0 Å². The average Bonchev–Trinajstić information content (AvgIpc) is 2.79. The Labute approximate surface area is 199 Å². The van der Waals surface area contributed by atoms with E-state index < -0.39 is 28.0 Å². The van der Waals surface area contributed by atoms with E-state index in [1.165, 1.54) is 54.7 Å². The van der Waals surface area contributed by atoms with E-state index in [1.807, 2.05) is 0 Å². The van der Waals surface area contributed by atoms with Crippen LogP contribution in [0.5, 0.6) is 0 Å². The molecule has 0 bridgehead atoms. The van der Waals surface area contributed by atoms with Gasteiger partial charge in [-0.2, -0.15) is 0 Å². The molecule has 0 aliphatic carbocycles. The number of ether oxygens (including phenoxy) is 1. The van der Waals surface area contributed by atoms with Gasteiger partial charge in [0.15, 0.2) is 17.1 Å². The molecule has 0 saturated carbocycles. The van der Waals surface area contributed by atoms with Gasteiger partial charge in [-0.3, -0.25) is 9.52 Å². The van der Waals surface area contributed by atoms with Crippen LogP contribution in [0.2, 0.25) is 10.3 Å². The molecule has 0 saturated heterocycles. The van der Waals surface area contributed by atoms with Crippen molar-refractivity contribution in [2.24, 2.45) is 0 Å². The smallest absolute Gasteiger partial charge is 0.339 e. The standard InChI is InChI=1S/C20H17Cl2N5O5S/c1-2-15(32-20(29)12-9-10-23-17(22)11-12)19(28)24-13-3-5-14(6-4-13)33(30,31)27-18-8-7-16(21)25-26-18/h3-11,15H,2H2,1H3,(H,24,28)(H,26,27). The molecule has 1 amide bonds. The Bertz CT molecular complexity index is 1250. The number of benzene rings is 1. The Morgan fingerprint density at radius 3 is 2.36 bits per heavy atom. The highest BCUT2D eigenvalue weighted by Gasteiger charge is 2.23. The summed E-state index contributed by atoms with van der Waals surface area (Å²) in [7, 11) is -3.94. The number of anilines is 2. The summed E-state index contributed by atoms with van der Waals surface area (Å²) in [6.07, 6.45) is 0.497. The number of nitrogens with zero attached hydrogens (tertiary/aromatic N) is 3. The minimum atomic E-state index is -3.94. The molecule has 0 radical (unpaired) electrons. The number of sulfonamides is 1. The van der Waals surface area contributed by atoms with Gasteiger partial charge in [0.2, 0.25) is 0 Å². The van der Waals surface area contributed by atoms with Gasteiger partial charge >= 0.3 is 5.97 Å². The molecule has 1 aromatic carbocycles. The van der Waals surface area contributed by atoms with Crippen LogP contribution in [0.4, 0.5) is 11.5 Å². The first-order chi connectivity index (χ1) is 15.7. The molecular formula is C20H17Cl2N5O5S. The van der Waals surface area contributed by atoms with Gasteiger partial charge in [-0.05, 0) is 55.0 Å². The maximum absolute atomic E-state index is 12.5. The fourth-order valence-electron chi connectivity index (χ4n) is 2.56. The summed E-state index contributed by atoms with van der Waals surface area (Å²) in [5.41, 5.74) is 0.473. The van der Waals surface area contributed by atoms with E-state index in [9.17, 15) is 18.0 Å². The molecule has 0 aliphatic heterocycles. The van der Waals surface area contributed by atoms with Crippen molar-refractivity contribution in [1.82, 2.24) is 15.2 Å². The maximum Gasteiger partial charge on any atom is 0.339 e. The first-order valence-corrected chi connectivity index (χ1v) is 11.7. The number of carbonyl (C=O) groups is 2. The number of carbonyl (C=O) groups excluding carboxylic acids is 2. The highest BCUT2D eigenvalue weighted by Crippen LogP contribution is 2.18. The quantitative estimate of drug-likeness (QED) is 0.346. The fourth-order valence-corrected chi connectivity index (χ4v) is 3.83. The molecule has 3 aromatic rings. The largest absolute Gasteiger partial charge is 0.449 e. The monoisotopic (exact) mass is 509 g/mol. The van der Waals surface area contributed by atoms with Gasteiger partial charge in [-0.1, -0.05) is 30.1 Å². The van der Waals surface area contributed by atoms with Crippen LogP contribution in [0.1, 0.15) is 23.7 Å². The molecule has 0 fully saturated rings. The van der Waals surface area contributed by atoms with Crippen LogP contribution in [-0.2, 0) is 19.6 Å². The second kappa shape index (κ2) is 10.6. The minimum Gasteiger partial charge on any atom is -0.449 e. The predicted molar refractivity (Wildman–Crippen MR) is 122 cm³/mol. The summed E-state index contributed by atoms with van der Waals surface area (Å²) in [6.45, 7) is 1.68. The molecular weight excluding hydrogens is 493 g/mol. The van der Waals surface area contributed by atoms with Crippen LogP contribution in [0.25, 0.3) is 0 Å². The SMILES string of the molecule is CCC(OC(=O)c1ccnc(Cl)c1)C(=O)Nc1ccc(S(=O)(=O)Nc2ccc(Cl)nn2)cc1. The van der Waals surface area contributed by atoms with Crippen molar-refractivity contribution in [2.45, 2.75) is 24.3 Å². The van der Waals surface area contributed by atoms with Gasteiger partial charge in [-0.15, -0.1) is 10.2 Å². The summed E-state index contributed by atoms with van der Waals surface area (Å²) in [5.74, 6) is -1.30. The van der Waals surface area contributed by atoms with Crippen molar-refractivity contribution in [1.29, 1.82) is 0 Å². The van der Waals surface area contributed by atoms with Crippen LogP contribution >= 0.6 is 23.2 Å². The van der Waals surface area contributed by atoms with E-state index in [2.05, 4.69) is 25.2 Å². The van der Waals surface area contributed by atoms with E-state index >= 15 is 0 Å². The van der Waals surface area contributed by atoms with Gasteiger partial charge in [0.05, 0.1) is 10.5 Å². The molecule has 10 nitrogen and oxygen atoms in total. The third-order valence-corrected chi connectivity index (χ3v) is 5.96. The van der Waals surface area contributed by atoms with Crippen LogP contribution < -0.4 is 10.0 Å². The van der Waals surface area contributed by atoms with E-state index in [0.717, 1.165) is 0 Å². The molecule has 2 heterocycles. The summed E-state index contributed by atoms with van der Waals surface area (Å²) in [6, 6.07) is 10.9. The number of aromatic nitrogens is 3. The predicted octanol–water partition coefficient (Wildman–Crippen LogP) is 3.55. The third kappa shape index (κ3) is 6.60. The minimum absolute atomic E-state index is 0.000123. The topological polar surface area (TPSA) is 140 Å². The van der Waals surface area contributed by atoms with Gasteiger partial charge in [0.1, 0.15) is 5.15 Å². The van der Waals surface area contributed by atoms with Crippen molar-refractivity contribution >= 4 is 56.6 Å². The number of rotatable bonds is 8. The lowest BCUT2D eigenvalue weighted by atomic mass is 10.2. The molecule has 13 heteroatoms. The molecule has 0 spiro atoms. The van der Waals surface area contributed by atoms with E-state index in [4.69, 9.17) is 27.9 Å². The van der Waals surface area contributed by atoms with Crippen molar-refractivity contribution < 1.29 is 22.7 Å². The van der Waals surface area contributed by atoms with Gasteiger partial charge in [-0.25, -0.2) is 18.2 Å². The lowest BCUT2D eigenvalue weighted by molar-refractivity contribution is -0.124. The molecule has 2 aromatic heterocycles.